The smallest absolute Gasteiger partial charge is 0.254 e. The zero-order valence-electron chi connectivity index (χ0n) is 20.7. The summed E-state index contributed by atoms with van der Waals surface area (Å²) in [6, 6.07) is 10.5. The van der Waals surface area contributed by atoms with Gasteiger partial charge < -0.3 is 25.5 Å². The predicted molar refractivity (Wildman–Crippen MR) is 140 cm³/mol. The molecule has 3 N–H and O–H groups in total. The molecule has 0 radical (unpaired) electrons. The summed E-state index contributed by atoms with van der Waals surface area (Å²) in [5.74, 6) is 0.134. The number of benzene rings is 1. The van der Waals surface area contributed by atoms with Crippen LogP contribution >= 0.6 is 0 Å². The van der Waals surface area contributed by atoms with Crippen molar-refractivity contribution in [1.82, 2.24) is 24.6 Å². The van der Waals surface area contributed by atoms with Gasteiger partial charge in [0.15, 0.2) is 0 Å². The second-order valence-electron chi connectivity index (χ2n) is 9.83. The van der Waals surface area contributed by atoms with Gasteiger partial charge in [0, 0.05) is 44.0 Å². The van der Waals surface area contributed by atoms with Crippen molar-refractivity contribution in [2.24, 2.45) is 0 Å². The van der Waals surface area contributed by atoms with E-state index in [2.05, 4.69) is 25.4 Å². The van der Waals surface area contributed by atoms with E-state index in [4.69, 9.17) is 4.98 Å². The van der Waals surface area contributed by atoms with Crippen molar-refractivity contribution >= 4 is 28.7 Å². The van der Waals surface area contributed by atoms with Crippen LogP contribution in [0, 0.1) is 5.82 Å². The van der Waals surface area contributed by atoms with Crippen molar-refractivity contribution < 1.29 is 14.3 Å². The molecule has 1 atom stereocenters. The Morgan fingerprint density at radius 1 is 1.24 bits per heavy atom. The lowest BCUT2D eigenvalue weighted by Crippen LogP contribution is -2.24. The number of halogens is 1. The summed E-state index contributed by atoms with van der Waals surface area (Å²) in [6.07, 6.45) is 3.77. The van der Waals surface area contributed by atoms with Crippen LogP contribution in [0.25, 0.3) is 16.9 Å². The molecule has 0 unspecified atom stereocenters. The molecule has 2 aliphatic rings. The average Bonchev–Trinajstić information content (AvgIpc) is 3.58. The van der Waals surface area contributed by atoms with Gasteiger partial charge in [0.25, 0.3) is 5.91 Å². The van der Waals surface area contributed by atoms with Gasteiger partial charge in [-0.25, -0.2) is 14.4 Å². The number of aliphatic hydroxyl groups is 1. The van der Waals surface area contributed by atoms with E-state index >= 15 is 0 Å². The molecule has 1 amide bonds. The summed E-state index contributed by atoms with van der Waals surface area (Å²) < 4.78 is 15.5. The normalized spacial score (nSPS) is 17.1. The van der Waals surface area contributed by atoms with E-state index in [0.717, 1.165) is 41.2 Å². The van der Waals surface area contributed by atoms with Crippen LogP contribution in [0.5, 0.6) is 0 Å². The Labute approximate surface area is 213 Å². The van der Waals surface area contributed by atoms with E-state index in [1.54, 1.807) is 12.4 Å². The lowest BCUT2D eigenvalue weighted by molar-refractivity contribution is 0.0966. The highest BCUT2D eigenvalue weighted by molar-refractivity contribution is 6.06. The number of nitrogens with one attached hydrogen (secondary N) is 2. The molecule has 37 heavy (non-hydrogen) atoms. The number of hydrogen-bond donors (Lipinski definition) is 3. The number of imidazole rings is 1. The molecule has 10 heteroatoms. The number of β-amino-alcohol motifs (C(OH)–C–C–N with tert-alkyl or cyclic N) is 1. The zero-order valence-corrected chi connectivity index (χ0v) is 20.7. The first-order valence-corrected chi connectivity index (χ1v) is 12.3. The molecule has 1 fully saturated rings. The molecule has 0 spiro atoms. The van der Waals surface area contributed by atoms with E-state index in [0.29, 0.717) is 42.4 Å². The van der Waals surface area contributed by atoms with Crippen LogP contribution in [0.2, 0.25) is 0 Å². The summed E-state index contributed by atoms with van der Waals surface area (Å²) in [5, 5.41) is 16.3. The van der Waals surface area contributed by atoms with Gasteiger partial charge in [0.2, 0.25) is 0 Å². The summed E-state index contributed by atoms with van der Waals surface area (Å²) in [6.45, 7) is 2.42. The van der Waals surface area contributed by atoms with Gasteiger partial charge in [0.05, 0.1) is 40.6 Å². The number of aromatic nitrogens is 3. The van der Waals surface area contributed by atoms with Crippen LogP contribution in [0.15, 0.2) is 48.8 Å². The maximum atomic E-state index is 13.7. The standard InChI is InChI=1S/C27H28FN7O2/c1-33(2)15-21-22(34-9-8-17(36)14-34)5-6-24(32-21)31-20-4-3-18(19-12-30-27(37)26(19)20)23-13-29-25-11-16(28)7-10-35(23)25/h3-7,10-11,13,17,36H,8-9,12,14-15H2,1-2H3,(H,30,37)(H,31,32)/t17-/m0/s1. The average molecular weight is 502 g/mol. The number of anilines is 3. The molecule has 6 rings (SSSR count). The topological polar surface area (TPSA) is 98.0 Å². The molecule has 3 aromatic heterocycles. The number of nitrogens with zero attached hydrogens (tertiary/aromatic N) is 5. The fourth-order valence-electron chi connectivity index (χ4n) is 5.21. The summed E-state index contributed by atoms with van der Waals surface area (Å²) >= 11 is 0. The first-order chi connectivity index (χ1) is 17.9. The van der Waals surface area contributed by atoms with Crippen molar-refractivity contribution in [3.63, 3.8) is 0 Å². The SMILES string of the molecule is CN(C)Cc1nc(Nc2ccc(-c3cnc4cc(F)ccn34)c3c2C(=O)NC3)ccc1N1CC[C@H](O)C1. The minimum atomic E-state index is -0.348. The molecule has 1 saturated heterocycles. The highest BCUT2D eigenvalue weighted by Crippen LogP contribution is 2.36. The number of amides is 1. The van der Waals surface area contributed by atoms with Crippen LogP contribution in [-0.2, 0) is 13.1 Å². The van der Waals surface area contributed by atoms with Crippen LogP contribution in [0.1, 0.15) is 28.0 Å². The second-order valence-corrected chi connectivity index (χ2v) is 9.83. The first-order valence-electron chi connectivity index (χ1n) is 12.3. The van der Waals surface area contributed by atoms with Gasteiger partial charge in [-0.05, 0) is 50.3 Å². The molecule has 0 aliphatic carbocycles. The summed E-state index contributed by atoms with van der Waals surface area (Å²) in [4.78, 5) is 26.4. The lowest BCUT2D eigenvalue weighted by atomic mass is 9.99. The van der Waals surface area contributed by atoms with Gasteiger partial charge in [-0.1, -0.05) is 6.07 Å². The number of carbonyl (C=O) groups is 1. The second kappa shape index (κ2) is 9.13. The van der Waals surface area contributed by atoms with Gasteiger partial charge in [-0.2, -0.15) is 0 Å². The fraction of sp³-hybridized carbons (Fsp3) is 0.296. The molecule has 0 saturated carbocycles. The van der Waals surface area contributed by atoms with Crippen molar-refractivity contribution in [1.29, 1.82) is 0 Å². The number of aliphatic hydroxyl groups excluding tert-OH is 1. The molecule has 1 aromatic carbocycles. The van der Waals surface area contributed by atoms with Gasteiger partial charge >= 0.3 is 0 Å². The largest absolute Gasteiger partial charge is 0.391 e. The van der Waals surface area contributed by atoms with Crippen LogP contribution in [0.3, 0.4) is 0 Å². The van der Waals surface area contributed by atoms with Crippen LogP contribution in [-0.4, -0.2) is 63.6 Å². The van der Waals surface area contributed by atoms with Crippen molar-refractivity contribution in [2.45, 2.75) is 25.6 Å². The Hall–Kier alpha value is -4.02. The number of fused-ring (bicyclic) bond motifs is 2. The van der Waals surface area contributed by atoms with Gasteiger partial charge in [-0.15, -0.1) is 0 Å². The predicted octanol–water partition coefficient (Wildman–Crippen LogP) is 3.16. The highest BCUT2D eigenvalue weighted by atomic mass is 19.1. The number of hydrogen-bond acceptors (Lipinski definition) is 7. The van der Waals surface area contributed by atoms with Crippen molar-refractivity contribution in [3.8, 4) is 11.3 Å². The van der Waals surface area contributed by atoms with E-state index in [1.165, 1.54) is 12.1 Å². The molecular formula is C27H28FN7O2. The van der Waals surface area contributed by atoms with E-state index in [9.17, 15) is 14.3 Å². The van der Waals surface area contributed by atoms with E-state index in [1.807, 2.05) is 42.8 Å². The third-order valence-electron chi connectivity index (χ3n) is 6.90. The van der Waals surface area contributed by atoms with E-state index in [-0.39, 0.29) is 17.8 Å². The van der Waals surface area contributed by atoms with E-state index < -0.39 is 0 Å². The lowest BCUT2D eigenvalue weighted by Gasteiger charge is -2.23. The Bertz CT molecular complexity index is 1520. The molecular weight excluding hydrogens is 473 g/mol. The maximum Gasteiger partial charge on any atom is 0.254 e. The zero-order chi connectivity index (χ0) is 25.7. The minimum absolute atomic E-state index is 0.157. The Morgan fingerprint density at radius 2 is 2.11 bits per heavy atom. The summed E-state index contributed by atoms with van der Waals surface area (Å²) in [5.41, 5.74) is 6.17. The number of pyridine rings is 2. The molecule has 5 heterocycles. The third kappa shape index (κ3) is 4.28. The van der Waals surface area contributed by atoms with Crippen LogP contribution < -0.4 is 15.5 Å². The Morgan fingerprint density at radius 3 is 2.89 bits per heavy atom. The minimum Gasteiger partial charge on any atom is -0.391 e. The quantitative estimate of drug-likeness (QED) is 0.373. The molecule has 9 nitrogen and oxygen atoms in total. The monoisotopic (exact) mass is 501 g/mol. The number of rotatable bonds is 6. The Balaban J connectivity index is 1.37. The van der Waals surface area contributed by atoms with Crippen molar-refractivity contribution in [2.75, 3.05) is 37.4 Å². The first kappa shape index (κ1) is 23.4. The molecule has 4 aromatic rings. The molecule has 190 valence electrons. The highest BCUT2D eigenvalue weighted by Gasteiger charge is 2.28. The summed E-state index contributed by atoms with van der Waals surface area (Å²) in [7, 11) is 3.99. The fourth-order valence-corrected chi connectivity index (χ4v) is 5.21. The van der Waals surface area contributed by atoms with Crippen LogP contribution in [0.4, 0.5) is 21.6 Å². The molecule has 0 bridgehead atoms. The molecule has 2 aliphatic heterocycles. The number of carbonyl (C=O) groups excluding carboxylic acids is 1. The van der Waals surface area contributed by atoms with Gasteiger partial charge in [0.1, 0.15) is 17.3 Å². The van der Waals surface area contributed by atoms with Gasteiger partial charge in [-0.3, -0.25) is 9.20 Å². The van der Waals surface area contributed by atoms with Crippen molar-refractivity contribution in [3.05, 3.63) is 71.4 Å². The Kier molecular flexibility index (Phi) is 5.77. The maximum absolute atomic E-state index is 13.7. The third-order valence-corrected chi connectivity index (χ3v) is 6.90.